The molecule has 8 nitrogen and oxygen atoms in total. The zero-order valence-electron chi connectivity index (χ0n) is 10.6. The summed E-state index contributed by atoms with van der Waals surface area (Å²) in [7, 11) is 1.80. The number of carbonyl (C=O) groups excluding carboxylic acids is 1. The Morgan fingerprint density at radius 2 is 2.37 bits per heavy atom. The lowest BCUT2D eigenvalue weighted by molar-refractivity contribution is -0.131. The highest BCUT2D eigenvalue weighted by atomic mass is 16.6. The minimum Gasteiger partial charge on any atom is -0.477 e. The van der Waals surface area contributed by atoms with E-state index in [-0.39, 0.29) is 18.0 Å². The topological polar surface area (TPSA) is 106 Å². The zero-order chi connectivity index (χ0) is 14.0. The van der Waals surface area contributed by atoms with Gasteiger partial charge >= 0.3 is 5.97 Å². The minimum atomic E-state index is -1.17. The van der Waals surface area contributed by atoms with Crippen LogP contribution in [0.5, 0.6) is 0 Å². The third-order valence-electron chi connectivity index (χ3n) is 2.78. The van der Waals surface area contributed by atoms with Gasteiger partial charge in [0.2, 0.25) is 6.10 Å². The predicted octanol–water partition coefficient (Wildman–Crippen LogP) is -0.426. The van der Waals surface area contributed by atoms with Crippen molar-refractivity contribution in [1.82, 2.24) is 15.1 Å². The van der Waals surface area contributed by atoms with Crippen LogP contribution in [0.25, 0.3) is 0 Å². The first-order valence-electron chi connectivity index (χ1n) is 5.70. The summed E-state index contributed by atoms with van der Waals surface area (Å²) < 4.78 is 1.66. The maximum atomic E-state index is 11.8. The van der Waals surface area contributed by atoms with Crippen molar-refractivity contribution >= 4 is 17.6 Å². The maximum Gasteiger partial charge on any atom is 0.353 e. The van der Waals surface area contributed by atoms with Gasteiger partial charge in [0.1, 0.15) is 0 Å². The number of carboxylic acids is 1. The quantitative estimate of drug-likeness (QED) is 0.769. The molecular formula is C11H14N4O4. The highest BCUT2D eigenvalue weighted by molar-refractivity contribution is 6.36. The molecule has 0 aromatic carbocycles. The average molecular weight is 266 g/mol. The number of aryl methyl sites for hydroxylation is 2. The first-order chi connectivity index (χ1) is 8.97. The molecule has 2 rings (SSSR count). The molecule has 8 heteroatoms. The molecule has 102 valence electrons. The Kier molecular flexibility index (Phi) is 3.50. The summed E-state index contributed by atoms with van der Waals surface area (Å²) in [4.78, 5) is 27.2. The molecule has 0 fully saturated rings. The Morgan fingerprint density at radius 1 is 1.63 bits per heavy atom. The number of oxime groups is 1. The van der Waals surface area contributed by atoms with Crippen molar-refractivity contribution in [3.05, 3.63) is 17.5 Å². The second-order valence-corrected chi connectivity index (χ2v) is 4.27. The van der Waals surface area contributed by atoms with E-state index in [1.807, 2.05) is 13.1 Å². The maximum absolute atomic E-state index is 11.8. The average Bonchev–Trinajstić information content (AvgIpc) is 2.93. The Labute approximate surface area is 109 Å². The number of amides is 1. The summed E-state index contributed by atoms with van der Waals surface area (Å²) in [6.07, 6.45) is 0.917. The van der Waals surface area contributed by atoms with Gasteiger partial charge in [0.25, 0.3) is 5.91 Å². The summed E-state index contributed by atoms with van der Waals surface area (Å²) in [6.45, 7) is 2.17. The summed E-state index contributed by atoms with van der Waals surface area (Å²) in [5, 5.41) is 18.9. The predicted molar refractivity (Wildman–Crippen MR) is 64.4 cm³/mol. The molecule has 1 unspecified atom stereocenters. The molecule has 1 aliphatic rings. The first kappa shape index (κ1) is 13.1. The molecule has 1 atom stereocenters. The van der Waals surface area contributed by atoms with Gasteiger partial charge in [-0.05, 0) is 6.92 Å². The second kappa shape index (κ2) is 5.09. The number of rotatable bonds is 4. The van der Waals surface area contributed by atoms with Crippen molar-refractivity contribution in [2.45, 2.75) is 26.0 Å². The molecule has 0 bridgehead atoms. The lowest BCUT2D eigenvalue weighted by Crippen LogP contribution is -2.34. The van der Waals surface area contributed by atoms with E-state index in [1.54, 1.807) is 11.7 Å². The molecule has 2 heterocycles. The van der Waals surface area contributed by atoms with Gasteiger partial charge < -0.3 is 15.3 Å². The zero-order valence-corrected chi connectivity index (χ0v) is 10.6. The Morgan fingerprint density at radius 3 is 2.89 bits per heavy atom. The van der Waals surface area contributed by atoms with E-state index in [0.717, 1.165) is 11.3 Å². The molecule has 0 saturated heterocycles. The van der Waals surface area contributed by atoms with Gasteiger partial charge in [-0.15, -0.1) is 0 Å². The SMILES string of the molecule is Cc1nn(C)cc1CNC(=O)C1CC(C(=O)O)=NO1. The van der Waals surface area contributed by atoms with Crippen LogP contribution in [0, 0.1) is 6.92 Å². The van der Waals surface area contributed by atoms with Crippen LogP contribution < -0.4 is 5.32 Å². The van der Waals surface area contributed by atoms with Crippen LogP contribution in [0.15, 0.2) is 11.4 Å². The van der Waals surface area contributed by atoms with Gasteiger partial charge in [0, 0.05) is 31.8 Å². The first-order valence-corrected chi connectivity index (χ1v) is 5.70. The number of carboxylic acid groups (broad SMARTS) is 1. The van der Waals surface area contributed by atoms with Gasteiger partial charge in [-0.3, -0.25) is 9.48 Å². The number of nitrogens with one attached hydrogen (secondary N) is 1. The van der Waals surface area contributed by atoms with Crippen LogP contribution >= 0.6 is 0 Å². The van der Waals surface area contributed by atoms with Crippen LogP contribution in [-0.2, 0) is 28.0 Å². The van der Waals surface area contributed by atoms with Crippen LogP contribution in [0.3, 0.4) is 0 Å². The van der Waals surface area contributed by atoms with Crippen LogP contribution in [0.2, 0.25) is 0 Å². The van der Waals surface area contributed by atoms with E-state index in [1.165, 1.54) is 0 Å². The lowest BCUT2D eigenvalue weighted by atomic mass is 10.1. The van der Waals surface area contributed by atoms with Crippen molar-refractivity contribution in [2.75, 3.05) is 0 Å². The monoisotopic (exact) mass is 266 g/mol. The molecule has 1 amide bonds. The molecule has 0 spiro atoms. The molecule has 19 heavy (non-hydrogen) atoms. The molecule has 0 saturated carbocycles. The molecule has 0 radical (unpaired) electrons. The molecule has 1 aromatic heterocycles. The van der Waals surface area contributed by atoms with Gasteiger partial charge in [-0.25, -0.2) is 4.79 Å². The largest absolute Gasteiger partial charge is 0.477 e. The Bertz CT molecular complexity index is 549. The second-order valence-electron chi connectivity index (χ2n) is 4.27. The highest BCUT2D eigenvalue weighted by Crippen LogP contribution is 2.11. The van der Waals surface area contributed by atoms with Crippen LogP contribution in [-0.4, -0.2) is 38.6 Å². The van der Waals surface area contributed by atoms with E-state index < -0.39 is 12.1 Å². The van der Waals surface area contributed by atoms with Crippen molar-refractivity contribution in [1.29, 1.82) is 0 Å². The van der Waals surface area contributed by atoms with E-state index in [4.69, 9.17) is 9.94 Å². The number of aliphatic carboxylic acids is 1. The smallest absolute Gasteiger partial charge is 0.353 e. The summed E-state index contributed by atoms with van der Waals surface area (Å²) in [6, 6.07) is 0. The van der Waals surface area contributed by atoms with E-state index in [2.05, 4.69) is 15.6 Å². The summed E-state index contributed by atoms with van der Waals surface area (Å²) >= 11 is 0. The van der Waals surface area contributed by atoms with Crippen molar-refractivity contribution in [2.24, 2.45) is 12.2 Å². The van der Waals surface area contributed by atoms with Gasteiger partial charge in [0.15, 0.2) is 5.71 Å². The molecule has 0 aliphatic carbocycles. The molecular weight excluding hydrogens is 252 g/mol. The summed E-state index contributed by atoms with van der Waals surface area (Å²) in [5.41, 5.74) is 1.59. The highest BCUT2D eigenvalue weighted by Gasteiger charge is 2.31. The lowest BCUT2D eigenvalue weighted by Gasteiger charge is -2.08. The number of hydrogen-bond acceptors (Lipinski definition) is 5. The number of carbonyl (C=O) groups is 2. The van der Waals surface area contributed by atoms with Crippen molar-refractivity contribution < 1.29 is 19.5 Å². The van der Waals surface area contributed by atoms with E-state index in [0.29, 0.717) is 6.54 Å². The van der Waals surface area contributed by atoms with Crippen molar-refractivity contribution in [3.8, 4) is 0 Å². The van der Waals surface area contributed by atoms with Crippen LogP contribution in [0.4, 0.5) is 0 Å². The van der Waals surface area contributed by atoms with E-state index in [9.17, 15) is 9.59 Å². The number of hydrogen-bond donors (Lipinski definition) is 2. The standard InChI is InChI=1S/C11H14N4O4/c1-6-7(5-15(2)13-6)4-12-10(16)9-3-8(11(17)18)14-19-9/h5,9H,3-4H2,1-2H3,(H,12,16)(H,17,18). The Hall–Kier alpha value is -2.38. The number of aromatic nitrogens is 2. The van der Waals surface area contributed by atoms with Crippen LogP contribution in [0.1, 0.15) is 17.7 Å². The van der Waals surface area contributed by atoms with Gasteiger partial charge in [-0.2, -0.15) is 5.10 Å². The minimum absolute atomic E-state index is 0.0206. The fraction of sp³-hybridized carbons (Fsp3) is 0.455. The Balaban J connectivity index is 1.86. The number of nitrogens with zero attached hydrogens (tertiary/aromatic N) is 3. The van der Waals surface area contributed by atoms with E-state index >= 15 is 0 Å². The summed E-state index contributed by atoms with van der Waals surface area (Å²) in [5.74, 6) is -1.55. The fourth-order valence-corrected chi connectivity index (χ4v) is 1.76. The fourth-order valence-electron chi connectivity index (χ4n) is 1.76. The van der Waals surface area contributed by atoms with Crippen molar-refractivity contribution in [3.63, 3.8) is 0 Å². The van der Waals surface area contributed by atoms with Gasteiger partial charge in [0.05, 0.1) is 5.69 Å². The molecule has 1 aliphatic heterocycles. The normalized spacial score (nSPS) is 17.8. The third-order valence-corrected chi connectivity index (χ3v) is 2.78. The van der Waals surface area contributed by atoms with Gasteiger partial charge in [-0.1, -0.05) is 5.16 Å². The molecule has 1 aromatic rings. The molecule has 2 N–H and O–H groups in total. The third kappa shape index (κ3) is 2.90.